The van der Waals surface area contributed by atoms with Crippen LogP contribution in [0.15, 0.2) is 24.4 Å². The fourth-order valence-corrected chi connectivity index (χ4v) is 1.77. The summed E-state index contributed by atoms with van der Waals surface area (Å²) < 4.78 is 5.31. The molecular weight excluding hydrogens is 230 g/mol. The summed E-state index contributed by atoms with van der Waals surface area (Å²) in [4.78, 5) is 17.8. The van der Waals surface area contributed by atoms with Gasteiger partial charge in [-0.05, 0) is 24.1 Å². The molecule has 0 saturated carbocycles. The van der Waals surface area contributed by atoms with Gasteiger partial charge in [0.25, 0.3) is 5.91 Å². The first-order chi connectivity index (χ1) is 8.65. The molecule has 0 aliphatic rings. The number of hydrogen-bond donors (Lipinski definition) is 2. The smallest absolute Gasteiger partial charge is 0.284 e. The fourth-order valence-electron chi connectivity index (χ4n) is 1.77. The summed E-state index contributed by atoms with van der Waals surface area (Å²) >= 11 is 0. The molecule has 5 heteroatoms. The number of nitrogens with one attached hydrogen (secondary N) is 1. The molecule has 0 atom stereocenters. The zero-order valence-electron chi connectivity index (χ0n) is 10.4. The minimum Gasteiger partial charge on any atom is -0.496 e. The molecule has 94 valence electrons. The Bertz CT molecular complexity index is 575. The Labute approximate surface area is 105 Å². The molecule has 0 unspecified atom stereocenters. The number of nitrogens with zero attached hydrogens (tertiary/aromatic N) is 1. The van der Waals surface area contributed by atoms with Crippen molar-refractivity contribution < 1.29 is 9.53 Å². The van der Waals surface area contributed by atoms with Crippen LogP contribution in [-0.4, -0.2) is 23.0 Å². The number of H-pyrrole nitrogens is 1. The number of ether oxygens (including phenoxy) is 1. The van der Waals surface area contributed by atoms with E-state index in [1.54, 1.807) is 13.3 Å². The van der Waals surface area contributed by atoms with Crippen molar-refractivity contribution in [3.63, 3.8) is 0 Å². The predicted octanol–water partition coefficient (Wildman–Crippen LogP) is 1.75. The largest absolute Gasteiger partial charge is 0.496 e. The van der Waals surface area contributed by atoms with Gasteiger partial charge in [0.1, 0.15) is 5.75 Å². The highest BCUT2D eigenvalue weighted by molar-refractivity contribution is 5.89. The molecule has 0 saturated heterocycles. The van der Waals surface area contributed by atoms with Gasteiger partial charge in [0.15, 0.2) is 5.82 Å². The van der Waals surface area contributed by atoms with E-state index in [0.29, 0.717) is 0 Å². The summed E-state index contributed by atoms with van der Waals surface area (Å²) in [6, 6.07) is 5.92. The van der Waals surface area contributed by atoms with Crippen molar-refractivity contribution in [2.45, 2.75) is 13.3 Å². The monoisotopic (exact) mass is 245 g/mol. The lowest BCUT2D eigenvalue weighted by atomic mass is 10.1. The van der Waals surface area contributed by atoms with Crippen LogP contribution in [0.3, 0.4) is 0 Å². The second-order valence-electron chi connectivity index (χ2n) is 3.90. The zero-order chi connectivity index (χ0) is 13.1. The van der Waals surface area contributed by atoms with Crippen molar-refractivity contribution >= 4 is 5.91 Å². The van der Waals surface area contributed by atoms with Crippen LogP contribution in [0, 0.1) is 0 Å². The maximum Gasteiger partial charge on any atom is 0.284 e. The van der Waals surface area contributed by atoms with E-state index in [9.17, 15) is 4.79 Å². The molecule has 0 fully saturated rings. The highest BCUT2D eigenvalue weighted by atomic mass is 16.5. The fraction of sp³-hybridized carbons (Fsp3) is 0.231. The van der Waals surface area contributed by atoms with Crippen LogP contribution in [0.4, 0.5) is 0 Å². The lowest BCUT2D eigenvalue weighted by Gasteiger charge is -2.08. The molecule has 1 aromatic carbocycles. The third kappa shape index (κ3) is 2.20. The number of aromatic nitrogens is 2. The average molecular weight is 245 g/mol. The summed E-state index contributed by atoms with van der Waals surface area (Å²) in [5, 5.41) is 0. The number of carbonyl (C=O) groups excluding carboxylic acids is 1. The van der Waals surface area contributed by atoms with E-state index < -0.39 is 5.91 Å². The number of carbonyl (C=O) groups is 1. The van der Waals surface area contributed by atoms with Crippen molar-refractivity contribution in [2.75, 3.05) is 7.11 Å². The van der Waals surface area contributed by atoms with E-state index in [4.69, 9.17) is 10.5 Å². The molecule has 0 aliphatic carbocycles. The van der Waals surface area contributed by atoms with Gasteiger partial charge >= 0.3 is 0 Å². The third-order valence-corrected chi connectivity index (χ3v) is 2.77. The highest BCUT2D eigenvalue weighted by Crippen LogP contribution is 2.29. The lowest BCUT2D eigenvalue weighted by molar-refractivity contribution is 0.0991. The van der Waals surface area contributed by atoms with E-state index >= 15 is 0 Å². The van der Waals surface area contributed by atoms with Gasteiger partial charge in [-0.25, -0.2) is 4.98 Å². The molecule has 0 radical (unpaired) electrons. The average Bonchev–Trinajstić information content (AvgIpc) is 2.87. The van der Waals surface area contributed by atoms with Gasteiger partial charge in [-0.15, -0.1) is 0 Å². The minimum absolute atomic E-state index is 0.147. The Morgan fingerprint density at radius 1 is 1.50 bits per heavy atom. The standard InChI is InChI=1S/C13H15N3O2/c1-3-8-4-5-11(18-2)9(6-8)10-7-15-13(16-10)12(14)17/h4-7H,3H2,1-2H3,(H2,14,17)(H,15,16). The molecule has 3 N–H and O–H groups in total. The highest BCUT2D eigenvalue weighted by Gasteiger charge is 2.11. The first-order valence-electron chi connectivity index (χ1n) is 5.67. The summed E-state index contributed by atoms with van der Waals surface area (Å²) in [5.41, 5.74) is 7.94. The summed E-state index contributed by atoms with van der Waals surface area (Å²) in [5.74, 6) is 0.299. The maximum atomic E-state index is 11.0. The number of amides is 1. The topological polar surface area (TPSA) is 81.0 Å². The van der Waals surface area contributed by atoms with Gasteiger partial charge in [-0.3, -0.25) is 4.79 Å². The van der Waals surface area contributed by atoms with Crippen LogP contribution >= 0.6 is 0 Å². The number of primary amides is 1. The number of methoxy groups -OCH3 is 1. The van der Waals surface area contributed by atoms with Crippen LogP contribution in [0.25, 0.3) is 11.3 Å². The molecule has 2 rings (SSSR count). The van der Waals surface area contributed by atoms with Crippen LogP contribution < -0.4 is 10.5 Å². The first-order valence-corrected chi connectivity index (χ1v) is 5.67. The van der Waals surface area contributed by atoms with Crippen LogP contribution in [-0.2, 0) is 6.42 Å². The van der Waals surface area contributed by atoms with Gasteiger partial charge in [0.2, 0.25) is 0 Å². The molecule has 0 spiro atoms. The first kappa shape index (κ1) is 12.2. The molecular formula is C13H15N3O2. The van der Waals surface area contributed by atoms with E-state index in [1.807, 2.05) is 18.2 Å². The number of aromatic amines is 1. The number of benzene rings is 1. The second-order valence-corrected chi connectivity index (χ2v) is 3.90. The zero-order valence-corrected chi connectivity index (χ0v) is 10.4. The Kier molecular flexibility index (Phi) is 3.32. The molecule has 1 heterocycles. The normalized spacial score (nSPS) is 10.3. The van der Waals surface area contributed by atoms with Gasteiger partial charge in [0.05, 0.1) is 19.0 Å². The van der Waals surface area contributed by atoms with E-state index in [1.165, 1.54) is 5.56 Å². The van der Waals surface area contributed by atoms with Gasteiger partial charge in [-0.2, -0.15) is 0 Å². The third-order valence-electron chi connectivity index (χ3n) is 2.77. The van der Waals surface area contributed by atoms with Crippen molar-refractivity contribution in [3.8, 4) is 17.0 Å². The van der Waals surface area contributed by atoms with Gasteiger partial charge in [0, 0.05) is 5.56 Å². The molecule has 5 nitrogen and oxygen atoms in total. The van der Waals surface area contributed by atoms with Gasteiger partial charge < -0.3 is 15.5 Å². The number of aryl methyl sites for hydroxylation is 1. The van der Waals surface area contributed by atoms with E-state index in [-0.39, 0.29) is 5.82 Å². The Morgan fingerprint density at radius 3 is 2.83 bits per heavy atom. The lowest BCUT2D eigenvalue weighted by Crippen LogP contribution is -2.12. The Morgan fingerprint density at radius 2 is 2.28 bits per heavy atom. The van der Waals surface area contributed by atoms with E-state index in [0.717, 1.165) is 23.4 Å². The SMILES string of the molecule is CCc1ccc(OC)c(-c2cnc(C(N)=O)[nH]2)c1. The van der Waals surface area contributed by atoms with Crippen molar-refractivity contribution in [1.29, 1.82) is 0 Å². The molecule has 18 heavy (non-hydrogen) atoms. The van der Waals surface area contributed by atoms with Crippen molar-refractivity contribution in [3.05, 3.63) is 35.8 Å². The van der Waals surface area contributed by atoms with Gasteiger partial charge in [-0.1, -0.05) is 13.0 Å². The Balaban J connectivity index is 2.50. The Hall–Kier alpha value is -2.30. The number of rotatable bonds is 4. The molecule has 0 aliphatic heterocycles. The van der Waals surface area contributed by atoms with Crippen LogP contribution in [0.2, 0.25) is 0 Å². The predicted molar refractivity (Wildman–Crippen MR) is 68.5 cm³/mol. The minimum atomic E-state index is -0.577. The molecule has 1 amide bonds. The summed E-state index contributed by atoms with van der Waals surface area (Å²) in [6.07, 6.45) is 2.51. The molecule has 1 aromatic heterocycles. The molecule has 0 bridgehead atoms. The van der Waals surface area contributed by atoms with E-state index in [2.05, 4.69) is 16.9 Å². The van der Waals surface area contributed by atoms with Crippen LogP contribution in [0.5, 0.6) is 5.75 Å². The van der Waals surface area contributed by atoms with Crippen molar-refractivity contribution in [2.24, 2.45) is 5.73 Å². The molecule has 2 aromatic rings. The number of nitrogens with two attached hydrogens (primary N) is 1. The quantitative estimate of drug-likeness (QED) is 0.861. The van der Waals surface area contributed by atoms with Crippen LogP contribution in [0.1, 0.15) is 23.1 Å². The maximum absolute atomic E-state index is 11.0. The number of hydrogen-bond acceptors (Lipinski definition) is 3. The number of imidazole rings is 1. The second kappa shape index (κ2) is 4.91. The van der Waals surface area contributed by atoms with Crippen molar-refractivity contribution in [1.82, 2.24) is 9.97 Å². The summed E-state index contributed by atoms with van der Waals surface area (Å²) in [7, 11) is 1.61. The summed E-state index contributed by atoms with van der Waals surface area (Å²) in [6.45, 7) is 2.08.